The summed E-state index contributed by atoms with van der Waals surface area (Å²) in [5.74, 6) is 0. The van der Waals surface area contributed by atoms with Gasteiger partial charge in [0.25, 0.3) is 0 Å². The van der Waals surface area contributed by atoms with Crippen LogP contribution in [-0.2, 0) is 0 Å². The standard InChI is InChI=1S/C14H28N2/c1-4-13(5-2)12-16(11-10-15-13)14(6-3)8-7-9-14/h15H,4-12H2,1-3H3. The molecule has 0 amide bonds. The molecule has 2 fully saturated rings. The zero-order valence-corrected chi connectivity index (χ0v) is 11.3. The third-order valence-electron chi connectivity index (χ3n) is 5.34. The van der Waals surface area contributed by atoms with E-state index in [1.807, 2.05) is 0 Å². The Balaban J connectivity index is 2.06. The molecular weight excluding hydrogens is 196 g/mol. The summed E-state index contributed by atoms with van der Waals surface area (Å²) < 4.78 is 0. The van der Waals surface area contributed by atoms with E-state index in [4.69, 9.17) is 0 Å². The van der Waals surface area contributed by atoms with E-state index in [-0.39, 0.29) is 0 Å². The van der Waals surface area contributed by atoms with E-state index in [9.17, 15) is 0 Å². The second-order valence-electron chi connectivity index (χ2n) is 5.77. The van der Waals surface area contributed by atoms with Gasteiger partial charge in [-0.2, -0.15) is 0 Å². The van der Waals surface area contributed by atoms with Crippen molar-refractivity contribution >= 4 is 0 Å². The van der Waals surface area contributed by atoms with Crippen molar-refractivity contribution in [2.45, 2.75) is 70.4 Å². The molecule has 0 spiro atoms. The molecule has 2 rings (SSSR count). The Hall–Kier alpha value is -0.0800. The summed E-state index contributed by atoms with van der Waals surface area (Å²) in [5.41, 5.74) is 0.980. The van der Waals surface area contributed by atoms with E-state index in [2.05, 4.69) is 31.0 Å². The average molecular weight is 224 g/mol. The highest BCUT2D eigenvalue weighted by Gasteiger charge is 2.45. The second-order valence-corrected chi connectivity index (χ2v) is 5.77. The minimum absolute atomic E-state index is 0.399. The smallest absolute Gasteiger partial charge is 0.0304 e. The van der Waals surface area contributed by atoms with E-state index in [1.54, 1.807) is 0 Å². The third kappa shape index (κ3) is 1.91. The quantitative estimate of drug-likeness (QED) is 0.790. The Morgan fingerprint density at radius 1 is 1.06 bits per heavy atom. The van der Waals surface area contributed by atoms with Crippen LogP contribution in [0.25, 0.3) is 0 Å². The molecule has 94 valence electrons. The summed E-state index contributed by atoms with van der Waals surface area (Å²) in [6.45, 7) is 10.8. The van der Waals surface area contributed by atoms with Gasteiger partial charge in [-0.15, -0.1) is 0 Å². The maximum atomic E-state index is 3.76. The van der Waals surface area contributed by atoms with Crippen molar-refractivity contribution in [1.29, 1.82) is 0 Å². The molecule has 0 bridgehead atoms. The van der Waals surface area contributed by atoms with Crippen LogP contribution in [0.4, 0.5) is 0 Å². The van der Waals surface area contributed by atoms with Gasteiger partial charge in [-0.05, 0) is 38.5 Å². The first kappa shape index (κ1) is 12.4. The molecule has 1 heterocycles. The molecule has 16 heavy (non-hydrogen) atoms. The summed E-state index contributed by atoms with van der Waals surface area (Å²) in [5, 5.41) is 3.76. The lowest BCUT2D eigenvalue weighted by Gasteiger charge is -2.56. The second kappa shape index (κ2) is 4.66. The normalized spacial score (nSPS) is 28.7. The van der Waals surface area contributed by atoms with Crippen molar-refractivity contribution in [3.05, 3.63) is 0 Å². The monoisotopic (exact) mass is 224 g/mol. The first-order valence-corrected chi connectivity index (χ1v) is 7.20. The van der Waals surface area contributed by atoms with Crippen LogP contribution < -0.4 is 5.32 Å². The number of rotatable bonds is 4. The summed E-state index contributed by atoms with van der Waals surface area (Å²) in [7, 11) is 0. The predicted octanol–water partition coefficient (Wildman–Crippen LogP) is 2.78. The van der Waals surface area contributed by atoms with E-state index in [0.29, 0.717) is 11.1 Å². The molecule has 0 atom stereocenters. The van der Waals surface area contributed by atoms with E-state index >= 15 is 0 Å². The minimum atomic E-state index is 0.399. The largest absolute Gasteiger partial charge is 0.309 e. The summed E-state index contributed by atoms with van der Waals surface area (Å²) in [4.78, 5) is 2.81. The van der Waals surface area contributed by atoms with Gasteiger partial charge in [0.15, 0.2) is 0 Å². The number of hydrogen-bond donors (Lipinski definition) is 1. The lowest BCUT2D eigenvalue weighted by Crippen LogP contribution is -2.66. The van der Waals surface area contributed by atoms with Crippen LogP contribution in [0.5, 0.6) is 0 Å². The van der Waals surface area contributed by atoms with Crippen LogP contribution in [0.3, 0.4) is 0 Å². The highest BCUT2D eigenvalue weighted by molar-refractivity contribution is 5.03. The fourth-order valence-corrected chi connectivity index (χ4v) is 3.56. The first-order chi connectivity index (χ1) is 7.70. The lowest BCUT2D eigenvalue weighted by molar-refractivity contribution is -0.0294. The topological polar surface area (TPSA) is 15.3 Å². The summed E-state index contributed by atoms with van der Waals surface area (Å²) in [6.07, 6.45) is 8.19. The van der Waals surface area contributed by atoms with Crippen molar-refractivity contribution in [3.63, 3.8) is 0 Å². The fourth-order valence-electron chi connectivity index (χ4n) is 3.56. The van der Waals surface area contributed by atoms with E-state index < -0.39 is 0 Å². The van der Waals surface area contributed by atoms with Crippen molar-refractivity contribution in [3.8, 4) is 0 Å². The average Bonchev–Trinajstić information content (AvgIpc) is 2.29. The van der Waals surface area contributed by atoms with Gasteiger partial charge in [-0.25, -0.2) is 0 Å². The Labute approximate surface area is 101 Å². The SMILES string of the molecule is CCC1(CC)CN(C2(CC)CCC2)CCN1. The Kier molecular flexibility index (Phi) is 3.60. The van der Waals surface area contributed by atoms with Crippen LogP contribution >= 0.6 is 0 Å². The summed E-state index contributed by atoms with van der Waals surface area (Å²) in [6, 6.07) is 0. The number of piperazine rings is 1. The minimum Gasteiger partial charge on any atom is -0.309 e. The molecule has 0 aromatic rings. The zero-order valence-electron chi connectivity index (χ0n) is 11.3. The number of hydrogen-bond acceptors (Lipinski definition) is 2. The van der Waals surface area contributed by atoms with E-state index in [0.717, 1.165) is 0 Å². The molecule has 2 aliphatic rings. The van der Waals surface area contributed by atoms with Gasteiger partial charge in [0.05, 0.1) is 0 Å². The van der Waals surface area contributed by atoms with Gasteiger partial charge in [0.1, 0.15) is 0 Å². The molecular formula is C14H28N2. The van der Waals surface area contributed by atoms with Gasteiger partial charge < -0.3 is 5.32 Å². The van der Waals surface area contributed by atoms with Crippen molar-refractivity contribution < 1.29 is 0 Å². The molecule has 1 aliphatic carbocycles. The third-order valence-corrected chi connectivity index (χ3v) is 5.34. The van der Waals surface area contributed by atoms with Gasteiger partial charge in [0.2, 0.25) is 0 Å². The highest BCUT2D eigenvalue weighted by atomic mass is 15.3. The van der Waals surface area contributed by atoms with E-state index in [1.165, 1.54) is 58.2 Å². The molecule has 0 radical (unpaired) electrons. The van der Waals surface area contributed by atoms with Crippen LogP contribution in [0, 0.1) is 0 Å². The first-order valence-electron chi connectivity index (χ1n) is 7.20. The van der Waals surface area contributed by atoms with Gasteiger partial charge in [0, 0.05) is 30.7 Å². The Morgan fingerprint density at radius 2 is 1.75 bits per heavy atom. The molecule has 2 heteroatoms. The summed E-state index contributed by atoms with van der Waals surface area (Å²) >= 11 is 0. The van der Waals surface area contributed by atoms with Crippen molar-refractivity contribution in [2.75, 3.05) is 19.6 Å². The Morgan fingerprint density at radius 3 is 2.19 bits per heavy atom. The molecule has 0 aromatic carbocycles. The molecule has 0 unspecified atom stereocenters. The van der Waals surface area contributed by atoms with Crippen molar-refractivity contribution in [2.24, 2.45) is 0 Å². The maximum Gasteiger partial charge on any atom is 0.0304 e. The molecule has 0 aromatic heterocycles. The Bertz CT molecular complexity index is 217. The van der Waals surface area contributed by atoms with Crippen LogP contribution in [0.1, 0.15) is 59.3 Å². The zero-order chi connectivity index (χ0) is 11.6. The predicted molar refractivity (Wildman–Crippen MR) is 69.8 cm³/mol. The molecule has 1 saturated heterocycles. The fraction of sp³-hybridized carbons (Fsp3) is 1.00. The molecule has 1 aliphatic heterocycles. The van der Waals surface area contributed by atoms with Gasteiger partial charge in [-0.1, -0.05) is 20.8 Å². The number of nitrogens with zero attached hydrogens (tertiary/aromatic N) is 1. The van der Waals surface area contributed by atoms with Crippen LogP contribution in [-0.4, -0.2) is 35.6 Å². The molecule has 2 nitrogen and oxygen atoms in total. The maximum absolute atomic E-state index is 3.76. The van der Waals surface area contributed by atoms with Crippen LogP contribution in [0.15, 0.2) is 0 Å². The van der Waals surface area contributed by atoms with Crippen LogP contribution in [0.2, 0.25) is 0 Å². The molecule has 1 saturated carbocycles. The lowest BCUT2D eigenvalue weighted by atomic mass is 9.72. The highest BCUT2D eigenvalue weighted by Crippen LogP contribution is 2.42. The number of nitrogens with one attached hydrogen (secondary N) is 1. The van der Waals surface area contributed by atoms with Gasteiger partial charge in [-0.3, -0.25) is 4.90 Å². The van der Waals surface area contributed by atoms with Gasteiger partial charge >= 0.3 is 0 Å². The van der Waals surface area contributed by atoms with Crippen molar-refractivity contribution in [1.82, 2.24) is 10.2 Å². The molecule has 1 N–H and O–H groups in total.